The Hall–Kier alpha value is -1.91. The van der Waals surface area contributed by atoms with Crippen LogP contribution in [0.5, 0.6) is 17.2 Å². The van der Waals surface area contributed by atoms with Gasteiger partial charge in [0.1, 0.15) is 0 Å². The Morgan fingerprint density at radius 3 is 1.87 bits per heavy atom. The standard InChI is InChI=1S/C18H25NO4/c1-21-15-10-12(11-16(22-2)17(15)23-3)18(20)19(14-8-9-14)13-6-4-5-7-13/h10-11,13-14H,4-9H2,1-3H3. The zero-order valence-electron chi connectivity index (χ0n) is 14.1. The maximum Gasteiger partial charge on any atom is 0.254 e. The van der Waals surface area contributed by atoms with Gasteiger partial charge in [0, 0.05) is 17.6 Å². The molecule has 3 rings (SSSR count). The topological polar surface area (TPSA) is 48.0 Å². The molecule has 126 valence electrons. The Kier molecular flexibility index (Phi) is 4.64. The van der Waals surface area contributed by atoms with E-state index < -0.39 is 0 Å². The molecule has 0 heterocycles. The Labute approximate surface area is 137 Å². The molecule has 2 aliphatic carbocycles. The van der Waals surface area contributed by atoms with E-state index in [1.165, 1.54) is 12.8 Å². The van der Waals surface area contributed by atoms with Gasteiger partial charge in [-0.2, -0.15) is 0 Å². The molecular formula is C18H25NO4. The van der Waals surface area contributed by atoms with Crippen LogP contribution in [0.25, 0.3) is 0 Å². The lowest BCUT2D eigenvalue weighted by molar-refractivity contribution is 0.0663. The van der Waals surface area contributed by atoms with Crippen LogP contribution in [-0.4, -0.2) is 44.2 Å². The van der Waals surface area contributed by atoms with Gasteiger partial charge in [0.15, 0.2) is 11.5 Å². The highest BCUT2D eigenvalue weighted by atomic mass is 16.5. The largest absolute Gasteiger partial charge is 0.493 e. The van der Waals surface area contributed by atoms with Crippen LogP contribution in [0, 0.1) is 0 Å². The first-order valence-electron chi connectivity index (χ1n) is 8.32. The van der Waals surface area contributed by atoms with E-state index in [2.05, 4.69) is 4.90 Å². The van der Waals surface area contributed by atoms with Gasteiger partial charge in [-0.15, -0.1) is 0 Å². The number of benzene rings is 1. The van der Waals surface area contributed by atoms with Crippen LogP contribution >= 0.6 is 0 Å². The number of rotatable bonds is 6. The van der Waals surface area contributed by atoms with Crippen molar-refractivity contribution in [2.75, 3.05) is 21.3 Å². The molecular weight excluding hydrogens is 294 g/mol. The highest BCUT2D eigenvalue weighted by Crippen LogP contribution is 2.40. The molecule has 23 heavy (non-hydrogen) atoms. The van der Waals surface area contributed by atoms with Gasteiger partial charge in [-0.3, -0.25) is 4.79 Å². The predicted molar refractivity (Wildman–Crippen MR) is 87.5 cm³/mol. The Morgan fingerprint density at radius 2 is 1.43 bits per heavy atom. The lowest BCUT2D eigenvalue weighted by Gasteiger charge is -2.29. The van der Waals surface area contributed by atoms with Crippen molar-refractivity contribution in [3.05, 3.63) is 17.7 Å². The average Bonchev–Trinajstić information content (AvgIpc) is 3.27. The van der Waals surface area contributed by atoms with Gasteiger partial charge in [-0.1, -0.05) is 12.8 Å². The van der Waals surface area contributed by atoms with Gasteiger partial charge in [0.05, 0.1) is 21.3 Å². The second-order valence-electron chi connectivity index (χ2n) is 6.30. The molecule has 2 aliphatic rings. The second kappa shape index (κ2) is 6.69. The van der Waals surface area contributed by atoms with Crippen molar-refractivity contribution in [3.8, 4) is 17.2 Å². The molecule has 1 aromatic carbocycles. The Bertz CT molecular complexity index is 551. The number of ether oxygens (including phenoxy) is 3. The molecule has 0 aromatic heterocycles. The summed E-state index contributed by atoms with van der Waals surface area (Å²) in [5, 5.41) is 0. The van der Waals surface area contributed by atoms with Crippen LogP contribution in [0.3, 0.4) is 0 Å². The highest BCUT2D eigenvalue weighted by Gasteiger charge is 2.39. The second-order valence-corrected chi connectivity index (χ2v) is 6.30. The van der Waals surface area contributed by atoms with Crippen molar-refractivity contribution in [2.24, 2.45) is 0 Å². The zero-order valence-corrected chi connectivity index (χ0v) is 14.1. The number of amides is 1. The minimum atomic E-state index is 0.0821. The number of carbonyl (C=O) groups is 1. The molecule has 0 spiro atoms. The molecule has 0 atom stereocenters. The van der Waals surface area contributed by atoms with Crippen molar-refractivity contribution in [3.63, 3.8) is 0 Å². The lowest BCUT2D eigenvalue weighted by Crippen LogP contribution is -2.40. The maximum absolute atomic E-state index is 13.1. The van der Waals surface area contributed by atoms with Crippen LogP contribution in [-0.2, 0) is 0 Å². The molecule has 2 fully saturated rings. The van der Waals surface area contributed by atoms with Crippen LogP contribution in [0.4, 0.5) is 0 Å². The van der Waals surface area contributed by atoms with E-state index in [1.54, 1.807) is 33.5 Å². The Balaban J connectivity index is 1.94. The third kappa shape index (κ3) is 3.09. The van der Waals surface area contributed by atoms with Gasteiger partial charge < -0.3 is 19.1 Å². The fourth-order valence-electron chi connectivity index (χ4n) is 3.52. The van der Waals surface area contributed by atoms with Gasteiger partial charge in [0.2, 0.25) is 5.75 Å². The van der Waals surface area contributed by atoms with Crippen LogP contribution in [0.1, 0.15) is 48.9 Å². The van der Waals surface area contributed by atoms with Crippen molar-refractivity contribution in [2.45, 2.75) is 50.6 Å². The number of methoxy groups -OCH3 is 3. The average molecular weight is 319 g/mol. The summed E-state index contributed by atoms with van der Waals surface area (Å²) in [6, 6.07) is 4.31. The summed E-state index contributed by atoms with van der Waals surface area (Å²) in [6.45, 7) is 0. The molecule has 5 nitrogen and oxygen atoms in total. The van der Waals surface area contributed by atoms with Gasteiger partial charge in [0.25, 0.3) is 5.91 Å². The smallest absolute Gasteiger partial charge is 0.254 e. The molecule has 1 aromatic rings. The predicted octanol–water partition coefficient (Wildman–Crippen LogP) is 3.26. The number of hydrogen-bond acceptors (Lipinski definition) is 4. The SMILES string of the molecule is COc1cc(C(=O)N(C2CCCC2)C2CC2)cc(OC)c1OC. The summed E-state index contributed by atoms with van der Waals surface area (Å²) in [4.78, 5) is 15.2. The van der Waals surface area contributed by atoms with E-state index in [9.17, 15) is 4.79 Å². The molecule has 0 saturated heterocycles. The third-order valence-electron chi connectivity index (χ3n) is 4.80. The van der Waals surface area contributed by atoms with Gasteiger partial charge >= 0.3 is 0 Å². The summed E-state index contributed by atoms with van der Waals surface area (Å²) in [7, 11) is 4.71. The van der Waals surface area contributed by atoms with Crippen molar-refractivity contribution in [1.29, 1.82) is 0 Å². The molecule has 0 N–H and O–H groups in total. The normalized spacial score (nSPS) is 17.9. The van der Waals surface area contributed by atoms with E-state index in [4.69, 9.17) is 14.2 Å². The zero-order chi connectivity index (χ0) is 16.4. The summed E-state index contributed by atoms with van der Waals surface area (Å²) in [5.41, 5.74) is 0.610. The van der Waals surface area contributed by atoms with E-state index in [-0.39, 0.29) is 5.91 Å². The van der Waals surface area contributed by atoms with Gasteiger partial charge in [-0.25, -0.2) is 0 Å². The first-order valence-corrected chi connectivity index (χ1v) is 8.32. The molecule has 5 heteroatoms. The molecule has 0 radical (unpaired) electrons. The first-order chi connectivity index (χ1) is 11.2. The summed E-state index contributed by atoms with van der Waals surface area (Å²) in [6.07, 6.45) is 6.91. The van der Waals surface area contributed by atoms with E-state index >= 15 is 0 Å². The molecule has 0 unspecified atom stereocenters. The summed E-state index contributed by atoms with van der Waals surface area (Å²) in [5.74, 6) is 1.65. The van der Waals surface area contributed by atoms with Crippen molar-refractivity contribution in [1.82, 2.24) is 4.90 Å². The van der Waals surface area contributed by atoms with Crippen LogP contribution < -0.4 is 14.2 Å². The van der Waals surface area contributed by atoms with Crippen LogP contribution in [0.2, 0.25) is 0 Å². The van der Waals surface area contributed by atoms with Crippen molar-refractivity contribution >= 4 is 5.91 Å². The minimum absolute atomic E-state index is 0.0821. The van der Waals surface area contributed by atoms with E-state index in [0.29, 0.717) is 34.9 Å². The monoisotopic (exact) mass is 319 g/mol. The molecule has 2 saturated carbocycles. The highest BCUT2D eigenvalue weighted by molar-refractivity contribution is 5.96. The van der Waals surface area contributed by atoms with Gasteiger partial charge in [-0.05, 0) is 37.8 Å². The number of carbonyl (C=O) groups excluding carboxylic acids is 1. The maximum atomic E-state index is 13.1. The van der Waals surface area contributed by atoms with Crippen LogP contribution in [0.15, 0.2) is 12.1 Å². The number of nitrogens with zero attached hydrogens (tertiary/aromatic N) is 1. The lowest BCUT2D eigenvalue weighted by atomic mass is 10.1. The van der Waals surface area contributed by atoms with E-state index in [0.717, 1.165) is 25.7 Å². The molecule has 1 amide bonds. The summed E-state index contributed by atoms with van der Waals surface area (Å²) >= 11 is 0. The Morgan fingerprint density at radius 1 is 0.913 bits per heavy atom. The number of hydrogen-bond donors (Lipinski definition) is 0. The molecule has 0 aliphatic heterocycles. The summed E-state index contributed by atoms with van der Waals surface area (Å²) < 4.78 is 16.1. The van der Waals surface area contributed by atoms with E-state index in [1.807, 2.05) is 0 Å². The quantitative estimate of drug-likeness (QED) is 0.807. The third-order valence-corrected chi connectivity index (χ3v) is 4.80. The first kappa shape index (κ1) is 16.0. The van der Waals surface area contributed by atoms with Crippen molar-refractivity contribution < 1.29 is 19.0 Å². The fourth-order valence-corrected chi connectivity index (χ4v) is 3.52. The fraction of sp³-hybridized carbons (Fsp3) is 0.611. The minimum Gasteiger partial charge on any atom is -0.493 e. The molecule has 0 bridgehead atoms.